The normalized spacial score (nSPS) is 10.7. The van der Waals surface area contributed by atoms with Gasteiger partial charge in [-0.2, -0.15) is 0 Å². The maximum atomic E-state index is 12.0. The summed E-state index contributed by atoms with van der Waals surface area (Å²) in [7, 11) is 1.57. The van der Waals surface area contributed by atoms with Gasteiger partial charge in [0.1, 0.15) is 11.5 Å². The SMILES string of the molecule is COc1ccc2c(c1)c(=O)[nH]n2Cc1ccc(OC(C)=O)cc1. The molecular formula is C17H16N2O4. The Morgan fingerprint density at radius 3 is 2.48 bits per heavy atom. The van der Waals surface area contributed by atoms with Crippen LogP contribution in [0.1, 0.15) is 12.5 Å². The second-order valence-electron chi connectivity index (χ2n) is 5.15. The van der Waals surface area contributed by atoms with Crippen molar-refractivity contribution in [3.05, 3.63) is 58.4 Å². The van der Waals surface area contributed by atoms with Crippen LogP contribution in [0.25, 0.3) is 10.9 Å². The monoisotopic (exact) mass is 312 g/mol. The molecule has 0 unspecified atom stereocenters. The fourth-order valence-corrected chi connectivity index (χ4v) is 2.44. The quantitative estimate of drug-likeness (QED) is 0.592. The average Bonchev–Trinajstić information content (AvgIpc) is 2.84. The van der Waals surface area contributed by atoms with E-state index in [1.54, 1.807) is 30.0 Å². The number of hydrogen-bond donors (Lipinski definition) is 1. The first-order valence-electron chi connectivity index (χ1n) is 7.11. The largest absolute Gasteiger partial charge is 0.497 e. The van der Waals surface area contributed by atoms with Crippen LogP contribution in [0.3, 0.4) is 0 Å². The van der Waals surface area contributed by atoms with E-state index in [0.29, 0.717) is 23.4 Å². The lowest BCUT2D eigenvalue weighted by Crippen LogP contribution is -2.07. The highest BCUT2D eigenvalue weighted by Gasteiger charge is 2.08. The van der Waals surface area contributed by atoms with Crippen LogP contribution in [0.15, 0.2) is 47.3 Å². The number of carbonyl (C=O) groups is 1. The molecule has 1 heterocycles. The lowest BCUT2D eigenvalue weighted by molar-refractivity contribution is -0.131. The number of ether oxygens (including phenoxy) is 2. The smallest absolute Gasteiger partial charge is 0.308 e. The number of carbonyl (C=O) groups excluding carboxylic acids is 1. The Morgan fingerprint density at radius 1 is 1.13 bits per heavy atom. The number of aromatic amines is 1. The topological polar surface area (TPSA) is 73.3 Å². The summed E-state index contributed by atoms with van der Waals surface area (Å²) in [6.07, 6.45) is 0. The maximum absolute atomic E-state index is 12.0. The van der Waals surface area contributed by atoms with Crippen molar-refractivity contribution in [1.82, 2.24) is 9.78 Å². The molecule has 3 rings (SSSR count). The number of fused-ring (bicyclic) bond motifs is 1. The molecule has 0 bridgehead atoms. The van der Waals surface area contributed by atoms with Gasteiger partial charge < -0.3 is 9.47 Å². The third kappa shape index (κ3) is 3.11. The lowest BCUT2D eigenvalue weighted by Gasteiger charge is -2.07. The van der Waals surface area contributed by atoms with Gasteiger partial charge in [-0.1, -0.05) is 12.1 Å². The summed E-state index contributed by atoms with van der Waals surface area (Å²) in [6.45, 7) is 1.87. The number of nitrogens with one attached hydrogen (secondary N) is 1. The Kier molecular flexibility index (Phi) is 3.89. The zero-order chi connectivity index (χ0) is 16.4. The molecule has 1 N–H and O–H groups in total. The Hall–Kier alpha value is -3.02. The molecule has 0 saturated carbocycles. The van der Waals surface area contributed by atoms with Crippen LogP contribution < -0.4 is 15.0 Å². The molecule has 0 amide bonds. The van der Waals surface area contributed by atoms with Crippen molar-refractivity contribution in [3.63, 3.8) is 0 Å². The first-order valence-corrected chi connectivity index (χ1v) is 7.11. The number of hydrogen-bond acceptors (Lipinski definition) is 4. The summed E-state index contributed by atoms with van der Waals surface area (Å²) in [5.74, 6) is 0.788. The Bertz CT molecular complexity index is 906. The van der Waals surface area contributed by atoms with Gasteiger partial charge in [-0.15, -0.1) is 0 Å². The molecule has 6 heteroatoms. The van der Waals surface area contributed by atoms with E-state index in [1.807, 2.05) is 24.3 Å². The van der Waals surface area contributed by atoms with Gasteiger partial charge in [0.05, 0.1) is 24.6 Å². The molecule has 118 valence electrons. The molecule has 23 heavy (non-hydrogen) atoms. The minimum absolute atomic E-state index is 0.157. The van der Waals surface area contributed by atoms with Crippen molar-refractivity contribution < 1.29 is 14.3 Å². The summed E-state index contributed by atoms with van der Waals surface area (Å²) in [5, 5.41) is 3.40. The maximum Gasteiger partial charge on any atom is 0.308 e. The van der Waals surface area contributed by atoms with Crippen LogP contribution in [0.4, 0.5) is 0 Å². The van der Waals surface area contributed by atoms with E-state index >= 15 is 0 Å². The second kappa shape index (κ2) is 6.00. The number of aromatic nitrogens is 2. The first kappa shape index (κ1) is 14.9. The van der Waals surface area contributed by atoms with E-state index in [0.717, 1.165) is 11.1 Å². The van der Waals surface area contributed by atoms with Gasteiger partial charge in [0.2, 0.25) is 0 Å². The summed E-state index contributed by atoms with van der Waals surface area (Å²) in [5.41, 5.74) is 1.63. The van der Waals surface area contributed by atoms with E-state index in [1.165, 1.54) is 6.92 Å². The number of H-pyrrole nitrogens is 1. The van der Waals surface area contributed by atoms with E-state index in [9.17, 15) is 9.59 Å². The highest BCUT2D eigenvalue weighted by Crippen LogP contribution is 2.19. The van der Waals surface area contributed by atoms with Gasteiger partial charge in [0.15, 0.2) is 0 Å². The van der Waals surface area contributed by atoms with E-state index < -0.39 is 0 Å². The van der Waals surface area contributed by atoms with Crippen LogP contribution in [0.5, 0.6) is 11.5 Å². The average molecular weight is 312 g/mol. The first-order chi connectivity index (χ1) is 11.1. The number of rotatable bonds is 4. The van der Waals surface area contributed by atoms with Gasteiger partial charge in [0, 0.05) is 6.92 Å². The Labute approximate surface area is 132 Å². The molecule has 0 aliphatic rings. The van der Waals surface area contributed by atoms with Crippen molar-refractivity contribution in [1.29, 1.82) is 0 Å². The van der Waals surface area contributed by atoms with Crippen molar-refractivity contribution in [3.8, 4) is 11.5 Å². The molecule has 1 aromatic heterocycles. The molecule has 0 aliphatic heterocycles. The Morgan fingerprint density at radius 2 is 1.83 bits per heavy atom. The number of benzene rings is 2. The summed E-state index contributed by atoms with van der Waals surface area (Å²) in [4.78, 5) is 23.0. The van der Waals surface area contributed by atoms with Crippen molar-refractivity contribution >= 4 is 16.9 Å². The fraction of sp³-hybridized carbons (Fsp3) is 0.176. The molecule has 0 fully saturated rings. The lowest BCUT2D eigenvalue weighted by atomic mass is 10.2. The summed E-state index contributed by atoms with van der Waals surface area (Å²) in [6, 6.07) is 12.5. The van der Waals surface area contributed by atoms with Crippen LogP contribution in [0.2, 0.25) is 0 Å². The van der Waals surface area contributed by atoms with E-state index in [-0.39, 0.29) is 11.5 Å². The third-order valence-electron chi connectivity index (χ3n) is 3.50. The van der Waals surface area contributed by atoms with Gasteiger partial charge in [-0.05, 0) is 35.9 Å². The van der Waals surface area contributed by atoms with Crippen molar-refractivity contribution in [2.75, 3.05) is 7.11 Å². The second-order valence-corrected chi connectivity index (χ2v) is 5.15. The summed E-state index contributed by atoms with van der Waals surface area (Å²) < 4.78 is 11.9. The van der Waals surface area contributed by atoms with Crippen molar-refractivity contribution in [2.24, 2.45) is 0 Å². The molecule has 6 nitrogen and oxygen atoms in total. The number of nitrogens with zero attached hydrogens (tertiary/aromatic N) is 1. The molecule has 0 atom stereocenters. The van der Waals surface area contributed by atoms with Crippen LogP contribution >= 0.6 is 0 Å². The van der Waals surface area contributed by atoms with Gasteiger partial charge in [0.25, 0.3) is 5.56 Å². The molecular weight excluding hydrogens is 296 g/mol. The molecule has 0 spiro atoms. The van der Waals surface area contributed by atoms with Crippen LogP contribution in [0, 0.1) is 0 Å². The van der Waals surface area contributed by atoms with Crippen LogP contribution in [-0.4, -0.2) is 22.9 Å². The molecule has 0 aliphatic carbocycles. The molecule has 0 radical (unpaired) electrons. The summed E-state index contributed by atoms with van der Waals surface area (Å²) >= 11 is 0. The zero-order valence-electron chi connectivity index (χ0n) is 12.8. The van der Waals surface area contributed by atoms with Gasteiger partial charge in [-0.25, -0.2) is 0 Å². The van der Waals surface area contributed by atoms with E-state index in [2.05, 4.69) is 5.10 Å². The molecule has 2 aromatic carbocycles. The predicted octanol–water partition coefficient (Wildman–Crippen LogP) is 2.31. The molecule has 3 aromatic rings. The molecule has 0 saturated heterocycles. The van der Waals surface area contributed by atoms with E-state index in [4.69, 9.17) is 9.47 Å². The highest BCUT2D eigenvalue weighted by atomic mass is 16.5. The van der Waals surface area contributed by atoms with Crippen molar-refractivity contribution in [2.45, 2.75) is 13.5 Å². The van der Waals surface area contributed by atoms with Gasteiger partial charge >= 0.3 is 5.97 Å². The standard InChI is InChI=1S/C17H16N2O4/c1-11(20)23-13-5-3-12(4-6-13)10-19-16-8-7-14(22-2)9-15(16)17(21)18-19/h3-9H,10H2,1-2H3,(H,18,21). The Balaban J connectivity index is 1.89. The number of methoxy groups -OCH3 is 1. The number of esters is 1. The minimum Gasteiger partial charge on any atom is -0.497 e. The third-order valence-corrected chi connectivity index (χ3v) is 3.50. The van der Waals surface area contributed by atoms with Crippen LogP contribution in [-0.2, 0) is 11.3 Å². The predicted molar refractivity (Wildman–Crippen MR) is 86.0 cm³/mol. The zero-order valence-corrected chi connectivity index (χ0v) is 12.8. The highest BCUT2D eigenvalue weighted by molar-refractivity contribution is 5.80. The van der Waals surface area contributed by atoms with Gasteiger partial charge in [-0.3, -0.25) is 19.4 Å². The fourth-order valence-electron chi connectivity index (χ4n) is 2.44. The minimum atomic E-state index is -0.354.